The van der Waals surface area contributed by atoms with E-state index in [-0.39, 0.29) is 6.04 Å². The number of hydrogen-bond donors (Lipinski definition) is 0. The van der Waals surface area contributed by atoms with Gasteiger partial charge >= 0.3 is 0 Å². The maximum atomic E-state index is 8.25. The van der Waals surface area contributed by atoms with Crippen molar-refractivity contribution in [1.82, 2.24) is 4.90 Å². The van der Waals surface area contributed by atoms with E-state index in [4.69, 9.17) is 5.53 Å². The Morgan fingerprint density at radius 2 is 2.06 bits per heavy atom. The van der Waals surface area contributed by atoms with Crippen molar-refractivity contribution in [2.75, 3.05) is 19.6 Å². The Morgan fingerprint density at radius 1 is 1.31 bits per heavy atom. The molecule has 1 saturated heterocycles. The van der Waals surface area contributed by atoms with Crippen LogP contribution in [0.4, 0.5) is 0 Å². The molecule has 0 bridgehead atoms. The summed E-state index contributed by atoms with van der Waals surface area (Å²) in [5.41, 5.74) is 9.65. The molecule has 1 fully saturated rings. The van der Waals surface area contributed by atoms with E-state index >= 15 is 0 Å². The predicted octanol–water partition coefficient (Wildman–Crippen LogP) is 2.61. The summed E-state index contributed by atoms with van der Waals surface area (Å²) in [5.74, 6) is 0. The zero-order valence-electron chi connectivity index (χ0n) is 9.29. The highest BCUT2D eigenvalue weighted by molar-refractivity contribution is 5.14. The third-order valence-electron chi connectivity index (χ3n) is 2.94. The number of benzene rings is 1. The van der Waals surface area contributed by atoms with Crippen LogP contribution in [0.2, 0.25) is 0 Å². The number of azide groups is 1. The largest absolute Gasteiger partial charge is 0.302 e. The summed E-state index contributed by atoms with van der Waals surface area (Å²) < 4.78 is 0. The maximum Gasteiger partial charge on any atom is 0.0628 e. The van der Waals surface area contributed by atoms with Gasteiger partial charge in [-0.05, 0) is 30.5 Å². The highest BCUT2D eigenvalue weighted by Crippen LogP contribution is 2.13. The highest BCUT2D eigenvalue weighted by Gasteiger charge is 2.24. The molecule has 0 unspecified atom stereocenters. The molecular formula is C12H16N4. The zero-order chi connectivity index (χ0) is 11.2. The third kappa shape index (κ3) is 2.99. The Bertz CT molecular complexity index is 364. The summed E-state index contributed by atoms with van der Waals surface area (Å²) in [6.45, 7) is 2.96. The lowest BCUT2D eigenvalue weighted by Gasteiger charge is -2.36. The van der Waals surface area contributed by atoms with Gasteiger partial charge in [0.25, 0.3) is 0 Å². The second-order valence-electron chi connectivity index (χ2n) is 4.21. The Kier molecular flexibility index (Phi) is 3.81. The van der Waals surface area contributed by atoms with Crippen molar-refractivity contribution in [3.05, 3.63) is 46.3 Å². The number of nitrogens with zero attached hydrogens (tertiary/aromatic N) is 4. The Morgan fingerprint density at radius 3 is 2.75 bits per heavy atom. The topological polar surface area (TPSA) is 52.0 Å². The smallest absolute Gasteiger partial charge is 0.0628 e. The molecule has 1 aromatic rings. The molecule has 84 valence electrons. The molecule has 0 aromatic heterocycles. The number of aryl methyl sites for hydroxylation is 1. The van der Waals surface area contributed by atoms with Gasteiger partial charge in [-0.3, -0.25) is 0 Å². The summed E-state index contributed by atoms with van der Waals surface area (Å²) in [4.78, 5) is 5.15. The summed E-state index contributed by atoms with van der Waals surface area (Å²) in [6, 6.07) is 10.7. The van der Waals surface area contributed by atoms with Crippen molar-refractivity contribution in [2.45, 2.75) is 18.9 Å². The average Bonchev–Trinajstić information content (AvgIpc) is 2.27. The van der Waals surface area contributed by atoms with Crippen LogP contribution in [0.5, 0.6) is 0 Å². The molecule has 1 aliphatic rings. The van der Waals surface area contributed by atoms with Crippen molar-refractivity contribution in [3.8, 4) is 0 Å². The van der Waals surface area contributed by atoms with E-state index in [9.17, 15) is 0 Å². The van der Waals surface area contributed by atoms with Crippen LogP contribution in [0.1, 0.15) is 12.0 Å². The van der Waals surface area contributed by atoms with Crippen molar-refractivity contribution < 1.29 is 0 Å². The lowest BCUT2D eigenvalue weighted by atomic mass is 10.1. The molecule has 16 heavy (non-hydrogen) atoms. The lowest BCUT2D eigenvalue weighted by Crippen LogP contribution is -2.49. The molecule has 2 rings (SSSR count). The van der Waals surface area contributed by atoms with Crippen molar-refractivity contribution in [1.29, 1.82) is 0 Å². The van der Waals surface area contributed by atoms with Crippen LogP contribution in [0.3, 0.4) is 0 Å². The van der Waals surface area contributed by atoms with Crippen LogP contribution in [-0.4, -0.2) is 30.6 Å². The van der Waals surface area contributed by atoms with Crippen LogP contribution in [-0.2, 0) is 6.42 Å². The molecule has 0 amide bonds. The van der Waals surface area contributed by atoms with Crippen molar-refractivity contribution in [3.63, 3.8) is 0 Å². The minimum atomic E-state index is 0.210. The summed E-state index contributed by atoms with van der Waals surface area (Å²) in [6.07, 6.45) is 2.30. The molecule has 1 heterocycles. The highest BCUT2D eigenvalue weighted by atomic mass is 15.3. The van der Waals surface area contributed by atoms with Crippen molar-refractivity contribution in [2.24, 2.45) is 5.11 Å². The molecule has 0 N–H and O–H groups in total. The second kappa shape index (κ2) is 5.54. The average molecular weight is 216 g/mol. The maximum absolute atomic E-state index is 8.25. The fraction of sp³-hybridized carbons (Fsp3) is 0.500. The van der Waals surface area contributed by atoms with Gasteiger partial charge in [0.05, 0.1) is 6.04 Å². The van der Waals surface area contributed by atoms with Gasteiger partial charge in [0.1, 0.15) is 0 Å². The molecule has 0 aliphatic carbocycles. The van der Waals surface area contributed by atoms with Crippen molar-refractivity contribution >= 4 is 0 Å². The van der Waals surface area contributed by atoms with E-state index < -0.39 is 0 Å². The first-order chi connectivity index (χ1) is 7.88. The van der Waals surface area contributed by atoms with E-state index in [0.29, 0.717) is 0 Å². The van der Waals surface area contributed by atoms with Gasteiger partial charge in [0.15, 0.2) is 0 Å². The summed E-state index contributed by atoms with van der Waals surface area (Å²) in [5, 5.41) is 3.69. The minimum Gasteiger partial charge on any atom is -0.302 e. The van der Waals surface area contributed by atoms with Gasteiger partial charge in [-0.1, -0.05) is 35.4 Å². The fourth-order valence-electron chi connectivity index (χ4n) is 2.02. The molecule has 4 nitrogen and oxygen atoms in total. The van der Waals surface area contributed by atoms with E-state index in [0.717, 1.165) is 26.1 Å². The Labute approximate surface area is 95.5 Å². The summed E-state index contributed by atoms with van der Waals surface area (Å²) >= 11 is 0. The molecule has 0 atom stereocenters. The Balaban J connectivity index is 1.62. The SMILES string of the molecule is [N-]=[N+]=NC1CN(CCCc2ccccc2)C1. The van der Waals surface area contributed by atoms with E-state index in [2.05, 4.69) is 39.2 Å². The quantitative estimate of drug-likeness (QED) is 0.424. The molecule has 1 aromatic carbocycles. The van der Waals surface area contributed by atoms with Crippen LogP contribution >= 0.6 is 0 Å². The first kappa shape index (κ1) is 11.0. The van der Waals surface area contributed by atoms with Gasteiger partial charge in [-0.25, -0.2) is 0 Å². The number of hydrogen-bond acceptors (Lipinski definition) is 2. The minimum absolute atomic E-state index is 0.210. The molecular weight excluding hydrogens is 200 g/mol. The third-order valence-corrected chi connectivity index (χ3v) is 2.94. The molecule has 4 heteroatoms. The van der Waals surface area contributed by atoms with E-state index in [1.54, 1.807) is 0 Å². The summed E-state index contributed by atoms with van der Waals surface area (Å²) in [7, 11) is 0. The van der Waals surface area contributed by atoms with Gasteiger partial charge in [0.2, 0.25) is 0 Å². The first-order valence-corrected chi connectivity index (χ1v) is 5.69. The van der Waals surface area contributed by atoms with Gasteiger partial charge in [-0.15, -0.1) is 0 Å². The normalized spacial score (nSPS) is 16.5. The monoisotopic (exact) mass is 216 g/mol. The van der Waals surface area contributed by atoms with E-state index in [1.807, 2.05) is 6.07 Å². The van der Waals surface area contributed by atoms with Gasteiger partial charge in [0, 0.05) is 18.0 Å². The number of rotatable bonds is 5. The first-order valence-electron chi connectivity index (χ1n) is 5.69. The van der Waals surface area contributed by atoms with Crippen LogP contribution in [0.25, 0.3) is 10.4 Å². The lowest BCUT2D eigenvalue weighted by molar-refractivity contribution is 0.149. The van der Waals surface area contributed by atoms with Gasteiger partial charge in [-0.2, -0.15) is 0 Å². The van der Waals surface area contributed by atoms with Gasteiger partial charge < -0.3 is 4.90 Å². The van der Waals surface area contributed by atoms with E-state index in [1.165, 1.54) is 12.0 Å². The Hall–Kier alpha value is -1.51. The molecule has 0 spiro atoms. The van der Waals surface area contributed by atoms with Crippen LogP contribution in [0, 0.1) is 0 Å². The standard InChI is InChI=1S/C12H16N4/c13-15-14-12-9-16(10-12)8-4-7-11-5-2-1-3-6-11/h1-3,5-6,12H,4,7-10H2. The zero-order valence-corrected chi connectivity index (χ0v) is 9.29. The predicted molar refractivity (Wildman–Crippen MR) is 64.1 cm³/mol. The second-order valence-corrected chi connectivity index (χ2v) is 4.21. The fourth-order valence-corrected chi connectivity index (χ4v) is 2.02. The number of likely N-dealkylation sites (tertiary alicyclic amines) is 1. The molecule has 0 saturated carbocycles. The van der Waals surface area contributed by atoms with Crippen LogP contribution < -0.4 is 0 Å². The molecule has 1 aliphatic heterocycles. The molecule has 0 radical (unpaired) electrons. The van der Waals surface area contributed by atoms with Crippen LogP contribution in [0.15, 0.2) is 35.4 Å².